The van der Waals surface area contributed by atoms with Gasteiger partial charge in [-0.1, -0.05) is 39.7 Å². The Morgan fingerprint density at radius 3 is 2.43 bits per heavy atom. The summed E-state index contributed by atoms with van der Waals surface area (Å²) in [6.45, 7) is 10.2. The van der Waals surface area contributed by atoms with Crippen LogP contribution in [0, 0.1) is 5.41 Å². The molecule has 0 aromatic rings. The van der Waals surface area contributed by atoms with Crippen LogP contribution in [0.25, 0.3) is 0 Å². The molecule has 0 aromatic heterocycles. The lowest BCUT2D eigenvalue weighted by Gasteiger charge is -2.18. The molecule has 0 bridgehead atoms. The first-order chi connectivity index (χ1) is 6.52. The highest BCUT2D eigenvalue weighted by atomic mass is 16.1. The molecule has 0 fully saturated rings. The topological polar surface area (TPSA) is 17.1 Å². The lowest BCUT2D eigenvalue weighted by molar-refractivity contribution is -0.119. The fourth-order valence-corrected chi connectivity index (χ4v) is 1.26. The quantitative estimate of drug-likeness (QED) is 0.421. The second-order valence-electron chi connectivity index (χ2n) is 4.69. The number of ketones is 1. The summed E-state index contributed by atoms with van der Waals surface area (Å²) >= 11 is 0. The van der Waals surface area contributed by atoms with Crippen LogP contribution in [0.4, 0.5) is 0 Å². The average Bonchev–Trinajstić information content (AvgIpc) is 2.16. The highest BCUT2D eigenvalue weighted by Gasteiger charge is 2.14. The lowest BCUT2D eigenvalue weighted by atomic mass is 9.87. The molecule has 0 amide bonds. The van der Waals surface area contributed by atoms with E-state index in [1.54, 1.807) is 0 Å². The van der Waals surface area contributed by atoms with E-state index in [0.717, 1.165) is 19.3 Å². The molecule has 0 atom stereocenters. The number of carbonyl (C=O) groups excluding carboxylic acids is 1. The first-order valence-electron chi connectivity index (χ1n) is 5.67. The van der Waals surface area contributed by atoms with E-state index in [2.05, 4.69) is 27.4 Å². The molecular formula is C13H24O. The summed E-state index contributed by atoms with van der Waals surface area (Å²) in [5.74, 6) is 0.411. The van der Waals surface area contributed by atoms with Gasteiger partial charge in [0.05, 0.1) is 0 Å². The summed E-state index contributed by atoms with van der Waals surface area (Å²) in [5, 5.41) is 0. The van der Waals surface area contributed by atoms with Gasteiger partial charge in [0.15, 0.2) is 0 Å². The zero-order chi connectivity index (χ0) is 11.0. The van der Waals surface area contributed by atoms with Crippen LogP contribution >= 0.6 is 0 Å². The predicted octanol–water partition coefficient (Wildman–Crippen LogP) is 4.13. The van der Waals surface area contributed by atoms with E-state index < -0.39 is 0 Å². The first kappa shape index (κ1) is 13.4. The van der Waals surface area contributed by atoms with Gasteiger partial charge in [0.25, 0.3) is 0 Å². The third-order valence-corrected chi connectivity index (χ3v) is 2.66. The second-order valence-corrected chi connectivity index (χ2v) is 4.69. The second kappa shape index (κ2) is 6.80. The lowest BCUT2D eigenvalue weighted by Crippen LogP contribution is -2.10. The molecule has 14 heavy (non-hydrogen) atoms. The highest BCUT2D eigenvalue weighted by molar-refractivity contribution is 5.78. The Morgan fingerprint density at radius 2 is 1.93 bits per heavy atom. The number of rotatable bonds is 8. The molecule has 0 rings (SSSR count). The van der Waals surface area contributed by atoms with Crippen LogP contribution in [0.3, 0.4) is 0 Å². The van der Waals surface area contributed by atoms with Gasteiger partial charge in [-0.05, 0) is 18.3 Å². The molecule has 0 N–H and O–H groups in total. The summed E-state index contributed by atoms with van der Waals surface area (Å²) in [7, 11) is 0. The fourth-order valence-electron chi connectivity index (χ4n) is 1.26. The summed E-state index contributed by atoms with van der Waals surface area (Å²) in [5.41, 5.74) is 0.112. The van der Waals surface area contributed by atoms with Gasteiger partial charge in [-0.15, -0.1) is 6.58 Å². The van der Waals surface area contributed by atoms with E-state index in [1.807, 2.05) is 6.08 Å². The van der Waals surface area contributed by atoms with Gasteiger partial charge in [-0.25, -0.2) is 0 Å². The molecule has 0 aliphatic carbocycles. The largest absolute Gasteiger partial charge is 0.300 e. The van der Waals surface area contributed by atoms with Crippen molar-refractivity contribution in [3.05, 3.63) is 12.7 Å². The number of hydrogen-bond donors (Lipinski definition) is 0. The number of hydrogen-bond acceptors (Lipinski definition) is 1. The van der Waals surface area contributed by atoms with Crippen molar-refractivity contribution in [1.29, 1.82) is 0 Å². The fraction of sp³-hybridized carbons (Fsp3) is 0.769. The summed E-state index contributed by atoms with van der Waals surface area (Å²) < 4.78 is 0. The van der Waals surface area contributed by atoms with E-state index in [-0.39, 0.29) is 5.41 Å². The van der Waals surface area contributed by atoms with Crippen molar-refractivity contribution in [3.8, 4) is 0 Å². The minimum Gasteiger partial charge on any atom is -0.300 e. The van der Waals surface area contributed by atoms with E-state index in [1.165, 1.54) is 12.8 Å². The zero-order valence-corrected chi connectivity index (χ0v) is 9.94. The minimum atomic E-state index is 0.112. The molecule has 82 valence electrons. The van der Waals surface area contributed by atoms with E-state index in [0.29, 0.717) is 12.2 Å². The number of unbranched alkanes of at least 4 members (excludes halogenated alkanes) is 2. The van der Waals surface area contributed by atoms with Crippen molar-refractivity contribution >= 4 is 5.78 Å². The van der Waals surface area contributed by atoms with Crippen LogP contribution in [0.15, 0.2) is 12.7 Å². The Hall–Kier alpha value is -0.590. The minimum absolute atomic E-state index is 0.112. The highest BCUT2D eigenvalue weighted by Crippen LogP contribution is 2.23. The predicted molar refractivity (Wildman–Crippen MR) is 62.4 cm³/mol. The van der Waals surface area contributed by atoms with Crippen LogP contribution in [0.5, 0.6) is 0 Å². The summed E-state index contributed by atoms with van der Waals surface area (Å²) in [6.07, 6.45) is 7.77. The molecule has 0 saturated heterocycles. The third-order valence-electron chi connectivity index (χ3n) is 2.66. The number of carbonyl (C=O) groups is 1. The maximum atomic E-state index is 11.4. The van der Waals surface area contributed by atoms with Crippen molar-refractivity contribution in [2.24, 2.45) is 5.41 Å². The maximum absolute atomic E-state index is 11.4. The van der Waals surface area contributed by atoms with Crippen molar-refractivity contribution < 1.29 is 4.79 Å². The van der Waals surface area contributed by atoms with Crippen LogP contribution in [0.1, 0.15) is 59.3 Å². The van der Waals surface area contributed by atoms with Crippen LogP contribution in [-0.4, -0.2) is 5.78 Å². The Morgan fingerprint density at radius 1 is 1.29 bits per heavy atom. The molecule has 1 heteroatoms. The Bertz CT molecular complexity index is 180. The number of Topliss-reactive ketones (excluding diaryl/α,β-unsaturated/α-hetero) is 1. The average molecular weight is 196 g/mol. The smallest absolute Gasteiger partial charge is 0.132 e. The SMILES string of the molecule is C=CC(C)(C)CCC(=O)CCCCC. The number of allylic oxidation sites excluding steroid dienone is 1. The van der Waals surface area contributed by atoms with Gasteiger partial charge in [0.1, 0.15) is 5.78 Å². The zero-order valence-electron chi connectivity index (χ0n) is 9.94. The van der Waals surface area contributed by atoms with Crippen molar-refractivity contribution in [3.63, 3.8) is 0 Å². The molecule has 0 spiro atoms. The van der Waals surface area contributed by atoms with Crippen molar-refractivity contribution in [2.45, 2.75) is 59.3 Å². The molecule has 0 aliphatic heterocycles. The molecule has 0 saturated carbocycles. The van der Waals surface area contributed by atoms with Gasteiger partial charge in [-0.3, -0.25) is 4.79 Å². The van der Waals surface area contributed by atoms with Gasteiger partial charge in [-0.2, -0.15) is 0 Å². The van der Waals surface area contributed by atoms with E-state index in [4.69, 9.17) is 0 Å². The Labute approximate surface area is 88.6 Å². The summed E-state index contributed by atoms with van der Waals surface area (Å²) in [4.78, 5) is 11.4. The van der Waals surface area contributed by atoms with Gasteiger partial charge in [0.2, 0.25) is 0 Å². The summed E-state index contributed by atoms with van der Waals surface area (Å²) in [6, 6.07) is 0. The normalized spacial score (nSPS) is 11.4. The molecule has 0 aliphatic rings. The first-order valence-corrected chi connectivity index (χ1v) is 5.67. The van der Waals surface area contributed by atoms with Gasteiger partial charge in [0, 0.05) is 12.8 Å². The molecule has 1 nitrogen and oxygen atoms in total. The molecule has 0 aromatic carbocycles. The Balaban J connectivity index is 3.58. The molecule has 0 radical (unpaired) electrons. The van der Waals surface area contributed by atoms with E-state index in [9.17, 15) is 4.79 Å². The van der Waals surface area contributed by atoms with Gasteiger partial charge >= 0.3 is 0 Å². The van der Waals surface area contributed by atoms with Gasteiger partial charge < -0.3 is 0 Å². The molecule has 0 unspecified atom stereocenters. The molecular weight excluding hydrogens is 172 g/mol. The standard InChI is InChI=1S/C13H24O/c1-5-7-8-9-12(14)10-11-13(3,4)6-2/h6H,2,5,7-11H2,1,3-4H3. The van der Waals surface area contributed by atoms with Crippen LogP contribution in [-0.2, 0) is 4.79 Å². The van der Waals surface area contributed by atoms with Crippen LogP contribution in [0.2, 0.25) is 0 Å². The van der Waals surface area contributed by atoms with Crippen LogP contribution < -0.4 is 0 Å². The monoisotopic (exact) mass is 196 g/mol. The van der Waals surface area contributed by atoms with Crippen molar-refractivity contribution in [1.82, 2.24) is 0 Å². The van der Waals surface area contributed by atoms with Crippen molar-refractivity contribution in [2.75, 3.05) is 0 Å². The third kappa shape index (κ3) is 6.88. The maximum Gasteiger partial charge on any atom is 0.132 e. The Kier molecular flexibility index (Phi) is 6.52. The molecule has 0 heterocycles. The van der Waals surface area contributed by atoms with E-state index >= 15 is 0 Å².